The van der Waals surface area contributed by atoms with Gasteiger partial charge in [0.2, 0.25) is 10.0 Å². The molecule has 0 aliphatic carbocycles. The van der Waals surface area contributed by atoms with Crippen LogP contribution in [0.2, 0.25) is 0 Å². The summed E-state index contributed by atoms with van der Waals surface area (Å²) in [5.74, 6) is 1.29. The lowest BCUT2D eigenvalue weighted by atomic mass is 10.2. The van der Waals surface area contributed by atoms with E-state index in [1.807, 2.05) is 0 Å². The second kappa shape index (κ2) is 6.01. The Kier molecular flexibility index (Phi) is 4.51. The van der Waals surface area contributed by atoms with Crippen molar-refractivity contribution < 1.29 is 17.9 Å². The molecule has 0 aliphatic heterocycles. The van der Waals surface area contributed by atoms with Gasteiger partial charge >= 0.3 is 0 Å². The highest BCUT2D eigenvalue weighted by Gasteiger charge is 2.22. The molecule has 0 radical (unpaired) electrons. The molecule has 1 unspecified atom stereocenters. The minimum Gasteiger partial charge on any atom is -0.465 e. The van der Waals surface area contributed by atoms with Crippen molar-refractivity contribution in [3.05, 3.63) is 53.0 Å². The first-order chi connectivity index (χ1) is 9.83. The summed E-state index contributed by atoms with van der Waals surface area (Å²) >= 11 is 0. The third-order valence-electron chi connectivity index (χ3n) is 3.24. The Morgan fingerprint density at radius 3 is 2.52 bits per heavy atom. The maximum absolute atomic E-state index is 12.5. The van der Waals surface area contributed by atoms with Gasteiger partial charge in [-0.25, -0.2) is 13.1 Å². The number of benzene rings is 1. The Morgan fingerprint density at radius 2 is 1.95 bits per heavy atom. The van der Waals surface area contributed by atoms with Gasteiger partial charge in [-0.3, -0.25) is 0 Å². The molecule has 1 atom stereocenters. The quantitative estimate of drug-likeness (QED) is 0.889. The lowest BCUT2D eigenvalue weighted by Gasteiger charge is -2.14. The second-order valence-corrected chi connectivity index (χ2v) is 6.73. The Morgan fingerprint density at radius 1 is 1.24 bits per heavy atom. The van der Waals surface area contributed by atoms with Gasteiger partial charge in [-0.15, -0.1) is 0 Å². The number of aryl methyl sites for hydroxylation is 2. The molecule has 2 rings (SSSR count). The smallest absolute Gasteiger partial charge is 0.241 e. The molecule has 0 amide bonds. The number of aliphatic hydroxyl groups excluding tert-OH is 1. The molecule has 2 N–H and O–H groups in total. The third-order valence-corrected chi connectivity index (χ3v) is 4.93. The first-order valence-electron chi connectivity index (χ1n) is 6.62. The van der Waals surface area contributed by atoms with Crippen LogP contribution in [0, 0.1) is 13.8 Å². The molecule has 1 aromatic heterocycles. The fourth-order valence-corrected chi connectivity index (χ4v) is 3.58. The second-order valence-electron chi connectivity index (χ2n) is 5.05. The standard InChI is InChI=1S/C15H19NO4S/c1-10-4-6-13(9-17)8-15(10)21(18,19)16-12(3)14-7-5-11(2)20-14/h4-8,12,16-17H,9H2,1-3H3. The van der Waals surface area contributed by atoms with Crippen molar-refractivity contribution in [2.24, 2.45) is 0 Å². The van der Waals surface area contributed by atoms with Crippen molar-refractivity contribution in [2.75, 3.05) is 0 Å². The van der Waals surface area contributed by atoms with Crippen LogP contribution in [0.25, 0.3) is 0 Å². The summed E-state index contributed by atoms with van der Waals surface area (Å²) in [5.41, 5.74) is 1.19. The number of rotatable bonds is 5. The maximum atomic E-state index is 12.5. The monoisotopic (exact) mass is 309 g/mol. The summed E-state index contributed by atoms with van der Waals surface area (Å²) in [4.78, 5) is 0.171. The van der Waals surface area contributed by atoms with E-state index >= 15 is 0 Å². The molecule has 1 heterocycles. The largest absolute Gasteiger partial charge is 0.465 e. The van der Waals surface area contributed by atoms with E-state index in [-0.39, 0.29) is 11.5 Å². The van der Waals surface area contributed by atoms with E-state index in [2.05, 4.69) is 4.72 Å². The van der Waals surface area contributed by atoms with Crippen LogP contribution >= 0.6 is 0 Å². The zero-order valence-electron chi connectivity index (χ0n) is 12.3. The van der Waals surface area contributed by atoms with Gasteiger partial charge in [-0.2, -0.15) is 0 Å². The summed E-state index contributed by atoms with van der Waals surface area (Å²) in [6.07, 6.45) is 0. The highest BCUT2D eigenvalue weighted by molar-refractivity contribution is 7.89. The number of furan rings is 1. The van der Waals surface area contributed by atoms with Gasteiger partial charge < -0.3 is 9.52 Å². The normalized spacial score (nSPS) is 13.3. The molecule has 0 fully saturated rings. The Hall–Kier alpha value is -1.63. The topological polar surface area (TPSA) is 79.5 Å². The van der Waals surface area contributed by atoms with Crippen molar-refractivity contribution in [3.63, 3.8) is 0 Å². The first-order valence-corrected chi connectivity index (χ1v) is 8.11. The van der Waals surface area contributed by atoms with Crippen molar-refractivity contribution in [1.82, 2.24) is 4.72 Å². The molecule has 0 aliphatic rings. The Bertz CT molecular complexity index is 734. The highest BCUT2D eigenvalue weighted by atomic mass is 32.2. The first kappa shape index (κ1) is 15.8. The number of sulfonamides is 1. The van der Waals surface area contributed by atoms with Crippen LogP contribution in [-0.4, -0.2) is 13.5 Å². The van der Waals surface area contributed by atoms with Crippen LogP contribution in [0.3, 0.4) is 0 Å². The van der Waals surface area contributed by atoms with E-state index in [1.165, 1.54) is 6.07 Å². The number of hydrogen-bond donors (Lipinski definition) is 2. The fraction of sp³-hybridized carbons (Fsp3) is 0.333. The molecule has 6 heteroatoms. The van der Waals surface area contributed by atoms with Crippen LogP contribution in [0.1, 0.15) is 35.6 Å². The maximum Gasteiger partial charge on any atom is 0.241 e. The average Bonchev–Trinajstić information content (AvgIpc) is 2.85. The zero-order chi connectivity index (χ0) is 15.6. The summed E-state index contributed by atoms with van der Waals surface area (Å²) in [5, 5.41) is 9.15. The van der Waals surface area contributed by atoms with E-state index in [4.69, 9.17) is 9.52 Å². The lowest BCUT2D eigenvalue weighted by Crippen LogP contribution is -2.27. The van der Waals surface area contributed by atoms with Gasteiger partial charge in [0.25, 0.3) is 0 Å². The van der Waals surface area contributed by atoms with E-state index in [0.717, 1.165) is 5.76 Å². The minimum absolute atomic E-state index is 0.171. The fourth-order valence-electron chi connectivity index (χ4n) is 2.07. The SMILES string of the molecule is Cc1ccc(C(C)NS(=O)(=O)c2cc(CO)ccc2C)o1. The predicted molar refractivity (Wildman–Crippen MR) is 79.3 cm³/mol. The molecule has 21 heavy (non-hydrogen) atoms. The van der Waals surface area contributed by atoms with Crippen molar-refractivity contribution in [1.29, 1.82) is 0 Å². The summed E-state index contributed by atoms with van der Waals surface area (Å²) in [7, 11) is -3.68. The molecule has 2 aromatic rings. The Labute approximate surface area is 124 Å². The summed E-state index contributed by atoms with van der Waals surface area (Å²) in [6, 6.07) is 7.94. The molecule has 5 nitrogen and oxygen atoms in total. The van der Waals surface area contributed by atoms with Crippen molar-refractivity contribution in [2.45, 2.75) is 38.3 Å². The molecular weight excluding hydrogens is 290 g/mol. The number of aliphatic hydroxyl groups is 1. The number of nitrogens with one attached hydrogen (secondary N) is 1. The predicted octanol–water partition coefficient (Wildman–Crippen LogP) is 2.43. The van der Waals surface area contributed by atoms with Gasteiger partial charge in [0.05, 0.1) is 17.5 Å². The molecule has 0 saturated heterocycles. The summed E-state index contributed by atoms with van der Waals surface area (Å²) in [6.45, 7) is 5.05. The lowest BCUT2D eigenvalue weighted by molar-refractivity contribution is 0.281. The van der Waals surface area contributed by atoms with E-state index in [1.54, 1.807) is 45.0 Å². The van der Waals surface area contributed by atoms with Crippen LogP contribution < -0.4 is 4.72 Å². The molecule has 0 spiro atoms. The molecule has 114 valence electrons. The van der Waals surface area contributed by atoms with Gasteiger partial charge in [0.1, 0.15) is 11.5 Å². The minimum atomic E-state index is -3.68. The highest BCUT2D eigenvalue weighted by Crippen LogP contribution is 2.22. The van der Waals surface area contributed by atoms with E-state index in [0.29, 0.717) is 16.9 Å². The molecule has 1 aromatic carbocycles. The molecule has 0 saturated carbocycles. The van der Waals surface area contributed by atoms with Crippen molar-refractivity contribution in [3.8, 4) is 0 Å². The summed E-state index contributed by atoms with van der Waals surface area (Å²) < 4.78 is 33.0. The van der Waals surface area contributed by atoms with Gasteiger partial charge in [0.15, 0.2) is 0 Å². The zero-order valence-corrected chi connectivity index (χ0v) is 13.1. The van der Waals surface area contributed by atoms with Crippen LogP contribution in [0.15, 0.2) is 39.6 Å². The van der Waals surface area contributed by atoms with Crippen LogP contribution in [0.4, 0.5) is 0 Å². The van der Waals surface area contributed by atoms with Crippen LogP contribution in [0.5, 0.6) is 0 Å². The average molecular weight is 309 g/mol. The molecule has 0 bridgehead atoms. The van der Waals surface area contributed by atoms with Gasteiger partial charge in [-0.05, 0) is 50.1 Å². The number of hydrogen-bond acceptors (Lipinski definition) is 4. The van der Waals surface area contributed by atoms with Gasteiger partial charge in [-0.1, -0.05) is 12.1 Å². The van der Waals surface area contributed by atoms with Crippen molar-refractivity contribution >= 4 is 10.0 Å². The third kappa shape index (κ3) is 3.53. The van der Waals surface area contributed by atoms with E-state index < -0.39 is 16.1 Å². The molecular formula is C15H19NO4S. The van der Waals surface area contributed by atoms with Crippen LogP contribution in [-0.2, 0) is 16.6 Å². The Balaban J connectivity index is 2.30. The van der Waals surface area contributed by atoms with Gasteiger partial charge in [0, 0.05) is 0 Å². The van der Waals surface area contributed by atoms with E-state index in [9.17, 15) is 8.42 Å².